The van der Waals surface area contributed by atoms with Gasteiger partial charge in [0.2, 0.25) is 0 Å². The summed E-state index contributed by atoms with van der Waals surface area (Å²) in [5, 5.41) is -0.381. The molecule has 3 rings (SSSR count). The third-order valence-electron chi connectivity index (χ3n) is 3.26. The molecule has 2 aromatic rings. The zero-order chi connectivity index (χ0) is 13.4. The van der Waals surface area contributed by atoms with Crippen molar-refractivity contribution < 1.29 is 9.13 Å². The van der Waals surface area contributed by atoms with Crippen LogP contribution >= 0.6 is 23.2 Å². The van der Waals surface area contributed by atoms with Gasteiger partial charge in [-0.3, -0.25) is 0 Å². The quantitative estimate of drug-likeness (QED) is 0.727. The van der Waals surface area contributed by atoms with Crippen molar-refractivity contribution in [2.75, 3.05) is 6.61 Å². The Kier molecular flexibility index (Phi) is 3.38. The second-order valence-corrected chi connectivity index (χ2v) is 5.29. The minimum absolute atomic E-state index is 0.0826. The van der Waals surface area contributed by atoms with Crippen LogP contribution in [0, 0.1) is 5.82 Å². The molecular weight excluding hydrogens is 286 g/mol. The maximum absolute atomic E-state index is 13.5. The van der Waals surface area contributed by atoms with E-state index < -0.39 is 11.2 Å². The van der Waals surface area contributed by atoms with Crippen molar-refractivity contribution in [2.45, 2.75) is 11.8 Å². The molecule has 0 N–H and O–H groups in total. The third kappa shape index (κ3) is 2.31. The molecule has 0 aromatic heterocycles. The van der Waals surface area contributed by atoms with Gasteiger partial charge in [0.1, 0.15) is 11.6 Å². The molecule has 1 aliphatic rings. The highest BCUT2D eigenvalue weighted by atomic mass is 35.5. The largest absolute Gasteiger partial charge is 0.493 e. The first-order chi connectivity index (χ1) is 9.16. The Labute approximate surface area is 120 Å². The van der Waals surface area contributed by atoms with Gasteiger partial charge in [-0.25, -0.2) is 4.39 Å². The molecule has 0 bridgehead atoms. The average Bonchev–Trinajstić information content (AvgIpc) is 2.88. The van der Waals surface area contributed by atoms with Gasteiger partial charge in [0.25, 0.3) is 0 Å². The second-order valence-electron chi connectivity index (χ2n) is 4.47. The molecule has 0 aliphatic carbocycles. The summed E-state index contributed by atoms with van der Waals surface area (Å²) in [6.07, 6.45) is 0.879. The molecule has 0 fully saturated rings. The summed E-state index contributed by atoms with van der Waals surface area (Å²) in [5.74, 6) is 0.451. The van der Waals surface area contributed by atoms with E-state index in [1.807, 2.05) is 18.2 Å². The summed E-state index contributed by atoms with van der Waals surface area (Å²) in [4.78, 5) is 0. The molecule has 1 nitrogen and oxygen atoms in total. The molecular formula is C15H11Cl2FO. The van der Waals surface area contributed by atoms with Crippen molar-refractivity contribution in [2.24, 2.45) is 0 Å². The van der Waals surface area contributed by atoms with Crippen LogP contribution in [0.3, 0.4) is 0 Å². The zero-order valence-corrected chi connectivity index (χ0v) is 11.5. The fourth-order valence-electron chi connectivity index (χ4n) is 2.26. The van der Waals surface area contributed by atoms with Gasteiger partial charge in [-0.2, -0.15) is 0 Å². The molecule has 0 amide bonds. The first-order valence-corrected chi connectivity index (χ1v) is 6.82. The molecule has 1 aliphatic heterocycles. The number of hydrogen-bond donors (Lipinski definition) is 0. The van der Waals surface area contributed by atoms with E-state index in [-0.39, 0.29) is 5.02 Å². The van der Waals surface area contributed by atoms with Crippen LogP contribution in [0.15, 0.2) is 36.4 Å². The molecule has 2 aromatic carbocycles. The summed E-state index contributed by atoms with van der Waals surface area (Å²) in [7, 11) is 0. The number of fused-ring (bicyclic) bond motifs is 1. The van der Waals surface area contributed by atoms with Gasteiger partial charge >= 0.3 is 0 Å². The number of hydrogen-bond acceptors (Lipinski definition) is 1. The van der Waals surface area contributed by atoms with E-state index in [1.54, 1.807) is 12.1 Å². The molecule has 98 valence electrons. The van der Waals surface area contributed by atoms with Crippen LogP contribution < -0.4 is 4.74 Å². The Bertz CT molecular complexity index is 628. The van der Waals surface area contributed by atoms with E-state index in [4.69, 9.17) is 27.9 Å². The standard InChI is InChI=1S/C15H11Cl2FO/c16-14(11-2-1-3-12(18)15(11)17)10-4-5-13-9(8-10)6-7-19-13/h1-5,8,14H,6-7H2. The molecule has 1 heterocycles. The van der Waals surface area contributed by atoms with E-state index in [2.05, 4.69) is 0 Å². The summed E-state index contributed by atoms with van der Waals surface area (Å²) < 4.78 is 18.9. The highest BCUT2D eigenvalue weighted by Gasteiger charge is 2.19. The molecule has 0 saturated carbocycles. The van der Waals surface area contributed by atoms with Crippen LogP contribution in [-0.2, 0) is 6.42 Å². The summed E-state index contributed by atoms with van der Waals surface area (Å²) in [6.45, 7) is 0.701. The molecule has 0 radical (unpaired) electrons. The lowest BCUT2D eigenvalue weighted by atomic mass is 10.0. The van der Waals surface area contributed by atoms with Gasteiger partial charge in [-0.15, -0.1) is 11.6 Å². The first-order valence-electron chi connectivity index (χ1n) is 6.00. The molecule has 19 heavy (non-hydrogen) atoms. The first kappa shape index (κ1) is 12.8. The van der Waals surface area contributed by atoms with Gasteiger partial charge in [0.05, 0.1) is 17.0 Å². The lowest BCUT2D eigenvalue weighted by Crippen LogP contribution is -1.96. The van der Waals surface area contributed by atoms with Gasteiger partial charge < -0.3 is 4.74 Å². The molecule has 0 spiro atoms. The highest BCUT2D eigenvalue weighted by Crippen LogP contribution is 2.37. The van der Waals surface area contributed by atoms with Gasteiger partial charge in [-0.1, -0.05) is 35.9 Å². The third-order valence-corrected chi connectivity index (χ3v) is 4.15. The Morgan fingerprint density at radius 2 is 2.05 bits per heavy atom. The van der Waals surface area contributed by atoms with E-state index in [0.717, 1.165) is 23.3 Å². The lowest BCUT2D eigenvalue weighted by Gasteiger charge is -2.13. The maximum Gasteiger partial charge on any atom is 0.142 e. The van der Waals surface area contributed by atoms with Gasteiger partial charge in [0, 0.05) is 6.42 Å². The monoisotopic (exact) mass is 296 g/mol. The van der Waals surface area contributed by atoms with Crippen LogP contribution in [0.1, 0.15) is 22.1 Å². The summed E-state index contributed by atoms with van der Waals surface area (Å²) >= 11 is 12.4. The van der Waals surface area contributed by atoms with E-state index in [1.165, 1.54) is 6.07 Å². The predicted molar refractivity (Wildman–Crippen MR) is 74.7 cm³/mol. The molecule has 1 unspecified atom stereocenters. The zero-order valence-electron chi connectivity index (χ0n) is 10.00. The fourth-order valence-corrected chi connectivity index (χ4v) is 2.87. The lowest BCUT2D eigenvalue weighted by molar-refractivity contribution is 0.357. The number of ether oxygens (including phenoxy) is 1. The maximum atomic E-state index is 13.5. The van der Waals surface area contributed by atoms with Crippen molar-refractivity contribution in [3.63, 3.8) is 0 Å². The van der Waals surface area contributed by atoms with Crippen molar-refractivity contribution in [1.82, 2.24) is 0 Å². The average molecular weight is 297 g/mol. The number of alkyl halides is 1. The minimum Gasteiger partial charge on any atom is -0.493 e. The topological polar surface area (TPSA) is 9.23 Å². The van der Waals surface area contributed by atoms with Crippen LogP contribution in [0.5, 0.6) is 5.75 Å². The highest BCUT2D eigenvalue weighted by molar-refractivity contribution is 6.33. The van der Waals surface area contributed by atoms with E-state index >= 15 is 0 Å². The smallest absolute Gasteiger partial charge is 0.142 e. The van der Waals surface area contributed by atoms with Crippen molar-refractivity contribution in [1.29, 1.82) is 0 Å². The van der Waals surface area contributed by atoms with E-state index in [0.29, 0.717) is 12.2 Å². The van der Waals surface area contributed by atoms with E-state index in [9.17, 15) is 4.39 Å². The minimum atomic E-state index is -0.464. The van der Waals surface area contributed by atoms with Crippen LogP contribution in [0.4, 0.5) is 4.39 Å². The molecule has 0 saturated heterocycles. The fraction of sp³-hybridized carbons (Fsp3) is 0.200. The summed E-state index contributed by atoms with van der Waals surface area (Å²) in [6, 6.07) is 10.5. The van der Waals surface area contributed by atoms with Crippen molar-refractivity contribution >= 4 is 23.2 Å². The normalized spacial score (nSPS) is 14.9. The SMILES string of the molecule is Fc1cccc(C(Cl)c2ccc3c(c2)CCO3)c1Cl. The van der Waals surface area contributed by atoms with Crippen molar-refractivity contribution in [3.05, 3.63) is 63.9 Å². The number of benzene rings is 2. The van der Waals surface area contributed by atoms with Gasteiger partial charge in [0.15, 0.2) is 0 Å². The Morgan fingerprint density at radius 1 is 1.21 bits per heavy atom. The van der Waals surface area contributed by atoms with Crippen LogP contribution in [0.25, 0.3) is 0 Å². The second kappa shape index (κ2) is 5.03. The Hall–Kier alpha value is -1.25. The molecule has 4 heteroatoms. The van der Waals surface area contributed by atoms with Crippen molar-refractivity contribution in [3.8, 4) is 5.75 Å². The predicted octanol–water partition coefficient (Wildman–Crippen LogP) is 4.74. The van der Waals surface area contributed by atoms with Gasteiger partial charge in [-0.05, 0) is 28.8 Å². The number of halogens is 3. The molecule has 1 atom stereocenters. The summed E-state index contributed by atoms with van der Waals surface area (Å²) in [5.41, 5.74) is 2.62. The number of rotatable bonds is 2. The van der Waals surface area contributed by atoms with Crippen LogP contribution in [0.2, 0.25) is 5.02 Å². The Balaban J connectivity index is 2.00. The van der Waals surface area contributed by atoms with Crippen LogP contribution in [-0.4, -0.2) is 6.61 Å². The Morgan fingerprint density at radius 3 is 2.89 bits per heavy atom.